The van der Waals surface area contributed by atoms with E-state index < -0.39 is 11.9 Å². The van der Waals surface area contributed by atoms with Gasteiger partial charge < -0.3 is 10.2 Å². The number of rotatable bonds is 4. The molecule has 3 unspecified atom stereocenters. The van der Waals surface area contributed by atoms with Crippen LogP contribution >= 0.6 is 0 Å². The largest absolute Gasteiger partial charge is 0.481 e. The molecule has 1 aliphatic rings. The minimum absolute atomic E-state index is 0.176. The van der Waals surface area contributed by atoms with Crippen LogP contribution < -0.4 is 0 Å². The maximum atomic E-state index is 10.9. The van der Waals surface area contributed by atoms with Gasteiger partial charge in [0.1, 0.15) is 0 Å². The molecule has 1 heterocycles. The summed E-state index contributed by atoms with van der Waals surface area (Å²) in [5.41, 5.74) is 2.03. The third-order valence-corrected chi connectivity index (χ3v) is 4.20. The first-order chi connectivity index (χ1) is 9.47. The van der Waals surface area contributed by atoms with E-state index in [4.69, 9.17) is 5.11 Å². The number of carbonyl (C=O) groups is 1. The van der Waals surface area contributed by atoms with Crippen LogP contribution in [0, 0.1) is 5.92 Å². The number of aliphatic hydroxyl groups is 1. The summed E-state index contributed by atoms with van der Waals surface area (Å²) in [6.45, 7) is 6.46. The van der Waals surface area contributed by atoms with Crippen molar-refractivity contribution in [3.63, 3.8) is 0 Å². The fraction of sp³-hybridized carbons (Fsp3) is 0.562. The van der Waals surface area contributed by atoms with Crippen LogP contribution in [0.4, 0.5) is 0 Å². The zero-order valence-corrected chi connectivity index (χ0v) is 12.1. The van der Waals surface area contributed by atoms with Gasteiger partial charge in [0.05, 0.1) is 12.0 Å². The smallest absolute Gasteiger partial charge is 0.310 e. The lowest BCUT2D eigenvalue weighted by molar-refractivity contribution is -0.138. The average Bonchev–Trinajstić information content (AvgIpc) is 2.43. The number of aliphatic hydroxyl groups excluding tert-OH is 1. The highest BCUT2D eigenvalue weighted by atomic mass is 16.4. The van der Waals surface area contributed by atoms with Gasteiger partial charge in [-0.3, -0.25) is 9.69 Å². The number of benzene rings is 1. The average molecular weight is 277 g/mol. The number of nitrogens with zero attached hydrogens (tertiary/aromatic N) is 1. The highest BCUT2D eigenvalue weighted by Crippen LogP contribution is 2.20. The summed E-state index contributed by atoms with van der Waals surface area (Å²) >= 11 is 0. The van der Waals surface area contributed by atoms with Gasteiger partial charge in [-0.2, -0.15) is 0 Å². The van der Waals surface area contributed by atoms with Crippen molar-refractivity contribution in [2.45, 2.75) is 38.8 Å². The van der Waals surface area contributed by atoms with Crippen LogP contribution in [0.3, 0.4) is 0 Å². The summed E-state index contributed by atoms with van der Waals surface area (Å²) in [4.78, 5) is 13.3. The fourth-order valence-corrected chi connectivity index (χ4v) is 2.68. The van der Waals surface area contributed by atoms with Crippen LogP contribution in [-0.4, -0.2) is 40.3 Å². The van der Waals surface area contributed by atoms with Crippen LogP contribution in [-0.2, 0) is 11.3 Å². The predicted molar refractivity (Wildman–Crippen MR) is 77.6 cm³/mol. The SMILES string of the molecule is CC(C(=O)O)c1ccc(CN2CCC(O)C(C)C2)cc1. The molecule has 0 bridgehead atoms. The summed E-state index contributed by atoms with van der Waals surface area (Å²) in [5, 5.41) is 18.7. The molecular formula is C16H23NO3. The Hall–Kier alpha value is -1.39. The van der Waals surface area contributed by atoms with Gasteiger partial charge in [0.2, 0.25) is 0 Å². The van der Waals surface area contributed by atoms with E-state index in [1.807, 2.05) is 24.3 Å². The number of likely N-dealkylation sites (tertiary alicyclic amines) is 1. The van der Waals surface area contributed by atoms with E-state index in [0.29, 0.717) is 5.92 Å². The second-order valence-electron chi connectivity index (χ2n) is 5.87. The van der Waals surface area contributed by atoms with Crippen molar-refractivity contribution in [2.24, 2.45) is 5.92 Å². The highest BCUT2D eigenvalue weighted by molar-refractivity contribution is 5.75. The molecule has 0 saturated carbocycles. The molecule has 2 N–H and O–H groups in total. The van der Waals surface area contributed by atoms with Crippen molar-refractivity contribution in [3.8, 4) is 0 Å². The van der Waals surface area contributed by atoms with Crippen LogP contribution in [0.25, 0.3) is 0 Å². The fourth-order valence-electron chi connectivity index (χ4n) is 2.68. The number of piperidine rings is 1. The number of carboxylic acid groups (broad SMARTS) is 1. The molecule has 0 amide bonds. The monoisotopic (exact) mass is 277 g/mol. The van der Waals surface area contributed by atoms with E-state index in [1.54, 1.807) is 6.92 Å². The Kier molecular flexibility index (Phi) is 4.78. The first kappa shape index (κ1) is 15.0. The molecule has 2 rings (SSSR count). The highest BCUT2D eigenvalue weighted by Gasteiger charge is 2.24. The maximum Gasteiger partial charge on any atom is 0.310 e. The molecule has 0 spiro atoms. The van der Waals surface area contributed by atoms with E-state index >= 15 is 0 Å². The van der Waals surface area contributed by atoms with E-state index in [-0.39, 0.29) is 6.10 Å². The van der Waals surface area contributed by atoms with Crippen molar-refractivity contribution in [1.29, 1.82) is 0 Å². The molecule has 1 aromatic rings. The Morgan fingerprint density at radius 2 is 2.05 bits per heavy atom. The Balaban J connectivity index is 1.96. The molecule has 4 heteroatoms. The lowest BCUT2D eigenvalue weighted by atomic mass is 9.96. The summed E-state index contributed by atoms with van der Waals surface area (Å²) in [6.07, 6.45) is 0.653. The summed E-state index contributed by atoms with van der Waals surface area (Å²) in [5.74, 6) is -0.944. The van der Waals surface area contributed by atoms with Crippen molar-refractivity contribution < 1.29 is 15.0 Å². The van der Waals surface area contributed by atoms with Gasteiger partial charge in [-0.1, -0.05) is 31.2 Å². The lowest BCUT2D eigenvalue weighted by Gasteiger charge is -2.34. The number of aliphatic carboxylic acids is 1. The van der Waals surface area contributed by atoms with Gasteiger partial charge in [-0.05, 0) is 30.4 Å². The first-order valence-electron chi connectivity index (χ1n) is 7.19. The minimum atomic E-state index is -0.795. The van der Waals surface area contributed by atoms with Gasteiger partial charge in [-0.15, -0.1) is 0 Å². The van der Waals surface area contributed by atoms with E-state index in [0.717, 1.165) is 31.6 Å². The van der Waals surface area contributed by atoms with Crippen LogP contribution in [0.15, 0.2) is 24.3 Å². The summed E-state index contributed by atoms with van der Waals surface area (Å²) in [7, 11) is 0. The van der Waals surface area contributed by atoms with E-state index in [2.05, 4.69) is 11.8 Å². The summed E-state index contributed by atoms with van der Waals surface area (Å²) in [6, 6.07) is 7.81. The zero-order chi connectivity index (χ0) is 14.7. The molecule has 1 saturated heterocycles. The van der Waals surface area contributed by atoms with E-state index in [1.165, 1.54) is 5.56 Å². The molecule has 4 nitrogen and oxygen atoms in total. The molecule has 0 aromatic heterocycles. The number of hydrogen-bond acceptors (Lipinski definition) is 3. The Morgan fingerprint density at radius 1 is 1.40 bits per heavy atom. The molecule has 1 aliphatic heterocycles. The van der Waals surface area contributed by atoms with Gasteiger partial charge >= 0.3 is 5.97 Å². The Bertz CT molecular complexity index is 457. The van der Waals surface area contributed by atoms with Crippen molar-refractivity contribution in [1.82, 2.24) is 4.90 Å². The molecule has 0 aliphatic carbocycles. The molecular weight excluding hydrogens is 254 g/mol. The third kappa shape index (κ3) is 3.58. The third-order valence-electron chi connectivity index (χ3n) is 4.20. The minimum Gasteiger partial charge on any atom is -0.481 e. The van der Waals surface area contributed by atoms with Crippen molar-refractivity contribution in [3.05, 3.63) is 35.4 Å². The molecule has 3 atom stereocenters. The van der Waals surface area contributed by atoms with Gasteiger partial charge in [-0.25, -0.2) is 0 Å². The zero-order valence-electron chi connectivity index (χ0n) is 12.1. The second kappa shape index (κ2) is 6.37. The molecule has 0 radical (unpaired) electrons. The second-order valence-corrected chi connectivity index (χ2v) is 5.87. The Labute approximate surface area is 120 Å². The number of carboxylic acids is 1. The van der Waals surface area contributed by atoms with Gasteiger partial charge in [0.15, 0.2) is 0 Å². The number of hydrogen-bond donors (Lipinski definition) is 2. The van der Waals surface area contributed by atoms with Gasteiger partial charge in [0.25, 0.3) is 0 Å². The van der Waals surface area contributed by atoms with Gasteiger partial charge in [0, 0.05) is 19.6 Å². The molecule has 110 valence electrons. The maximum absolute atomic E-state index is 10.9. The topological polar surface area (TPSA) is 60.8 Å². The van der Waals surface area contributed by atoms with Crippen molar-refractivity contribution >= 4 is 5.97 Å². The van der Waals surface area contributed by atoms with Crippen LogP contribution in [0.5, 0.6) is 0 Å². The molecule has 1 aromatic carbocycles. The van der Waals surface area contributed by atoms with Crippen LogP contribution in [0.1, 0.15) is 37.3 Å². The molecule has 20 heavy (non-hydrogen) atoms. The van der Waals surface area contributed by atoms with Crippen molar-refractivity contribution in [2.75, 3.05) is 13.1 Å². The lowest BCUT2D eigenvalue weighted by Crippen LogP contribution is -2.41. The van der Waals surface area contributed by atoms with E-state index in [9.17, 15) is 9.90 Å². The standard InChI is InChI=1S/C16H23NO3/c1-11-9-17(8-7-15(11)18)10-13-3-5-14(6-4-13)12(2)16(19)20/h3-6,11-12,15,18H,7-10H2,1-2H3,(H,19,20). The quantitative estimate of drug-likeness (QED) is 0.884. The first-order valence-corrected chi connectivity index (χ1v) is 7.19. The van der Waals surface area contributed by atoms with Crippen LogP contribution in [0.2, 0.25) is 0 Å². The summed E-state index contributed by atoms with van der Waals surface area (Å²) < 4.78 is 0. The Morgan fingerprint density at radius 3 is 2.60 bits per heavy atom. The predicted octanol–water partition coefficient (Wildman–Crippen LogP) is 2.08. The molecule has 1 fully saturated rings. The normalized spacial score (nSPS) is 25.4.